The van der Waals surface area contributed by atoms with Crippen molar-refractivity contribution in [3.63, 3.8) is 0 Å². The van der Waals surface area contributed by atoms with Crippen molar-refractivity contribution >= 4 is 0 Å². The maximum Gasteiger partial charge on any atom is 0.147 e. The normalized spacial score (nSPS) is 17.8. The van der Waals surface area contributed by atoms with Crippen molar-refractivity contribution in [3.8, 4) is 0 Å². The summed E-state index contributed by atoms with van der Waals surface area (Å²) in [7, 11) is 0. The molecule has 4 nitrogen and oxygen atoms in total. The number of aliphatic hydroxyl groups is 1. The summed E-state index contributed by atoms with van der Waals surface area (Å²) in [5.41, 5.74) is 1.28. The van der Waals surface area contributed by atoms with E-state index in [1.807, 2.05) is 11.6 Å². The average molecular weight is 285 g/mol. The fourth-order valence-electron chi connectivity index (χ4n) is 3.61. The van der Waals surface area contributed by atoms with Crippen LogP contribution in [0.25, 0.3) is 0 Å². The monoisotopic (exact) mass is 285 g/mol. The Kier molecular flexibility index (Phi) is 4.06. The lowest BCUT2D eigenvalue weighted by molar-refractivity contribution is 0.253. The zero-order valence-corrected chi connectivity index (χ0v) is 12.6. The lowest BCUT2D eigenvalue weighted by atomic mass is 9.68. The standard InChI is InChI=1S/C17H23N3O/c1-14-18-16(20(19-14)12-13-21)17(10-6-3-7-11-17)15-8-4-2-5-9-15/h2,4-5,8-9,21H,3,6-7,10-13H2,1H3. The SMILES string of the molecule is Cc1nc(C2(c3ccccc3)CCCCC2)n(CCO)n1. The van der Waals surface area contributed by atoms with Crippen LogP contribution in [0.2, 0.25) is 0 Å². The molecule has 21 heavy (non-hydrogen) atoms. The maximum absolute atomic E-state index is 9.32. The molecule has 0 atom stereocenters. The first-order valence-electron chi connectivity index (χ1n) is 7.84. The number of hydrogen-bond acceptors (Lipinski definition) is 3. The van der Waals surface area contributed by atoms with Crippen LogP contribution in [0, 0.1) is 6.92 Å². The molecule has 0 bridgehead atoms. The van der Waals surface area contributed by atoms with Gasteiger partial charge < -0.3 is 5.11 Å². The van der Waals surface area contributed by atoms with Crippen LogP contribution in [0.1, 0.15) is 49.3 Å². The second kappa shape index (κ2) is 5.98. The highest BCUT2D eigenvalue weighted by Gasteiger charge is 2.40. The third kappa shape index (κ3) is 2.60. The van der Waals surface area contributed by atoms with Gasteiger partial charge in [-0.3, -0.25) is 0 Å². The summed E-state index contributed by atoms with van der Waals surface area (Å²) in [5.74, 6) is 1.82. The van der Waals surface area contributed by atoms with Crippen molar-refractivity contribution in [1.29, 1.82) is 0 Å². The molecule has 3 rings (SSSR count). The van der Waals surface area contributed by atoms with Gasteiger partial charge in [-0.1, -0.05) is 49.6 Å². The minimum absolute atomic E-state index is 0.0457. The largest absolute Gasteiger partial charge is 0.394 e. The molecule has 1 fully saturated rings. The van der Waals surface area contributed by atoms with Gasteiger partial charge in [0.1, 0.15) is 11.6 Å². The molecular weight excluding hydrogens is 262 g/mol. The van der Waals surface area contributed by atoms with E-state index in [1.165, 1.54) is 24.8 Å². The van der Waals surface area contributed by atoms with Gasteiger partial charge in [0.05, 0.1) is 18.6 Å². The Morgan fingerprint density at radius 3 is 2.52 bits per heavy atom. The highest BCUT2D eigenvalue weighted by atomic mass is 16.3. The van der Waals surface area contributed by atoms with Crippen molar-refractivity contribution in [2.45, 2.75) is 51.0 Å². The number of aromatic nitrogens is 3. The van der Waals surface area contributed by atoms with Crippen LogP contribution in [0.3, 0.4) is 0 Å². The van der Waals surface area contributed by atoms with E-state index in [4.69, 9.17) is 4.98 Å². The number of nitrogens with zero attached hydrogens (tertiary/aromatic N) is 3. The van der Waals surface area contributed by atoms with Gasteiger partial charge in [-0.05, 0) is 25.3 Å². The Labute approximate surface area is 125 Å². The summed E-state index contributed by atoms with van der Waals surface area (Å²) in [6.07, 6.45) is 5.96. The molecular formula is C17H23N3O. The van der Waals surface area contributed by atoms with E-state index < -0.39 is 0 Å². The summed E-state index contributed by atoms with van der Waals surface area (Å²) >= 11 is 0. The summed E-state index contributed by atoms with van der Waals surface area (Å²) < 4.78 is 1.91. The highest BCUT2D eigenvalue weighted by Crippen LogP contribution is 2.44. The van der Waals surface area contributed by atoms with Crippen LogP contribution >= 0.6 is 0 Å². The van der Waals surface area contributed by atoms with E-state index in [0.29, 0.717) is 6.54 Å². The molecule has 2 aromatic rings. The third-order valence-corrected chi connectivity index (χ3v) is 4.55. The first-order valence-corrected chi connectivity index (χ1v) is 7.84. The number of hydrogen-bond donors (Lipinski definition) is 1. The summed E-state index contributed by atoms with van der Waals surface area (Å²) in [6.45, 7) is 2.55. The molecule has 1 aliphatic carbocycles. The van der Waals surface area contributed by atoms with Crippen molar-refractivity contribution in [1.82, 2.24) is 14.8 Å². The Morgan fingerprint density at radius 2 is 1.86 bits per heavy atom. The van der Waals surface area contributed by atoms with E-state index in [9.17, 15) is 5.11 Å². The number of rotatable bonds is 4. The number of aliphatic hydroxyl groups excluding tert-OH is 1. The molecule has 112 valence electrons. The zero-order chi connectivity index (χ0) is 14.7. The molecule has 1 aromatic carbocycles. The van der Waals surface area contributed by atoms with Crippen molar-refractivity contribution in [2.24, 2.45) is 0 Å². The molecule has 0 spiro atoms. The van der Waals surface area contributed by atoms with Gasteiger partial charge in [0, 0.05) is 0 Å². The van der Waals surface area contributed by atoms with Gasteiger partial charge in [0.15, 0.2) is 0 Å². The molecule has 0 saturated heterocycles. The molecule has 0 amide bonds. The fraction of sp³-hybridized carbons (Fsp3) is 0.529. The Morgan fingerprint density at radius 1 is 1.14 bits per heavy atom. The molecule has 0 unspecified atom stereocenters. The average Bonchev–Trinajstić information content (AvgIpc) is 2.90. The van der Waals surface area contributed by atoms with E-state index in [1.54, 1.807) is 0 Å². The van der Waals surface area contributed by atoms with E-state index >= 15 is 0 Å². The first kappa shape index (κ1) is 14.3. The molecule has 0 aliphatic heterocycles. The summed E-state index contributed by atoms with van der Waals surface area (Å²) in [6, 6.07) is 10.7. The van der Waals surface area contributed by atoms with Crippen LogP contribution < -0.4 is 0 Å². The smallest absolute Gasteiger partial charge is 0.147 e. The van der Waals surface area contributed by atoms with Crippen LogP contribution in [-0.2, 0) is 12.0 Å². The van der Waals surface area contributed by atoms with Gasteiger partial charge in [0.25, 0.3) is 0 Å². The lowest BCUT2D eigenvalue weighted by Crippen LogP contribution is -2.34. The maximum atomic E-state index is 9.32. The summed E-state index contributed by atoms with van der Waals surface area (Å²) in [4.78, 5) is 4.74. The van der Waals surface area contributed by atoms with Crippen LogP contribution in [0.15, 0.2) is 30.3 Å². The van der Waals surface area contributed by atoms with E-state index in [-0.39, 0.29) is 12.0 Å². The predicted molar refractivity (Wildman–Crippen MR) is 82.2 cm³/mol. The molecule has 1 aliphatic rings. The van der Waals surface area contributed by atoms with E-state index in [2.05, 4.69) is 35.4 Å². The second-order valence-corrected chi connectivity index (χ2v) is 5.94. The summed E-state index contributed by atoms with van der Waals surface area (Å²) in [5, 5.41) is 13.8. The van der Waals surface area contributed by atoms with Crippen molar-refractivity contribution < 1.29 is 5.11 Å². The van der Waals surface area contributed by atoms with Crippen molar-refractivity contribution in [2.75, 3.05) is 6.61 Å². The second-order valence-electron chi connectivity index (χ2n) is 5.94. The molecule has 1 heterocycles. The topological polar surface area (TPSA) is 50.9 Å². The van der Waals surface area contributed by atoms with Crippen LogP contribution in [0.4, 0.5) is 0 Å². The molecule has 1 aromatic heterocycles. The lowest BCUT2D eigenvalue weighted by Gasteiger charge is -2.37. The Hall–Kier alpha value is -1.68. The Bertz CT molecular complexity index is 585. The molecule has 1 N–H and O–H groups in total. The zero-order valence-electron chi connectivity index (χ0n) is 12.6. The van der Waals surface area contributed by atoms with Crippen LogP contribution in [0.5, 0.6) is 0 Å². The van der Waals surface area contributed by atoms with Gasteiger partial charge in [-0.15, -0.1) is 0 Å². The van der Waals surface area contributed by atoms with Gasteiger partial charge >= 0.3 is 0 Å². The van der Waals surface area contributed by atoms with Gasteiger partial charge in [0.2, 0.25) is 0 Å². The quantitative estimate of drug-likeness (QED) is 0.939. The van der Waals surface area contributed by atoms with Gasteiger partial charge in [-0.25, -0.2) is 9.67 Å². The Balaban J connectivity index is 2.12. The number of benzene rings is 1. The molecule has 1 saturated carbocycles. The first-order chi connectivity index (χ1) is 10.3. The highest BCUT2D eigenvalue weighted by molar-refractivity contribution is 5.34. The number of aryl methyl sites for hydroxylation is 1. The van der Waals surface area contributed by atoms with Gasteiger partial charge in [-0.2, -0.15) is 5.10 Å². The van der Waals surface area contributed by atoms with Crippen molar-refractivity contribution in [3.05, 3.63) is 47.5 Å². The third-order valence-electron chi connectivity index (χ3n) is 4.55. The molecule has 4 heteroatoms. The minimum Gasteiger partial charge on any atom is -0.394 e. The predicted octanol–water partition coefficient (Wildman–Crippen LogP) is 2.83. The van der Waals surface area contributed by atoms with Crippen LogP contribution in [-0.4, -0.2) is 26.5 Å². The minimum atomic E-state index is -0.0457. The molecule has 0 radical (unpaired) electrons. The van der Waals surface area contributed by atoms with E-state index in [0.717, 1.165) is 24.5 Å². The fourth-order valence-corrected chi connectivity index (χ4v) is 3.61.